The molecule has 0 aromatic heterocycles. The van der Waals surface area contributed by atoms with E-state index in [1.165, 1.54) is 53.3 Å². The molecule has 2 aromatic rings. The van der Waals surface area contributed by atoms with Crippen LogP contribution in [0.3, 0.4) is 0 Å². The van der Waals surface area contributed by atoms with Crippen LogP contribution < -0.4 is 9.62 Å². The fourth-order valence-corrected chi connectivity index (χ4v) is 8.81. The third-order valence-electron chi connectivity index (χ3n) is 9.68. The van der Waals surface area contributed by atoms with E-state index in [-0.39, 0.29) is 24.4 Å². The molecule has 1 atom stereocenters. The highest BCUT2D eigenvalue weighted by Crippen LogP contribution is 2.60. The molecule has 4 aliphatic carbocycles. The van der Waals surface area contributed by atoms with E-state index in [4.69, 9.17) is 0 Å². The molecule has 0 radical (unpaired) electrons. The van der Waals surface area contributed by atoms with Crippen LogP contribution in [0.5, 0.6) is 0 Å². The Morgan fingerprint density at radius 2 is 1.54 bits per heavy atom. The van der Waals surface area contributed by atoms with Crippen LogP contribution >= 0.6 is 0 Å². The average molecular weight is 580 g/mol. The van der Waals surface area contributed by atoms with Crippen LogP contribution in [-0.2, 0) is 31.6 Å². The quantitative estimate of drug-likeness (QED) is 0.348. The van der Waals surface area contributed by atoms with Crippen molar-refractivity contribution in [3.8, 4) is 0 Å². The largest absolute Gasteiger partial charge is 0.354 e. The lowest BCUT2D eigenvalue weighted by Crippen LogP contribution is -2.51. The standard InChI is InChI=1S/C33H45N3O4S/c1-4-5-15-34-32(38)24(2)35(22-25-9-7-6-8-10-25)31(37)23-36(41(3,39)40)30-13-11-29(12-14-30)33-19-26-16-27(20-33)18-28(17-26)21-33/h6-14,24,26-28H,4-5,15-23H2,1-3H3,(H,34,38)/t24-,26?,27?,28?,33?/m1/s1. The van der Waals surface area contributed by atoms with Gasteiger partial charge in [-0.05, 0) is 98.3 Å². The molecule has 0 spiro atoms. The van der Waals surface area contributed by atoms with Crippen LogP contribution in [0.4, 0.5) is 5.69 Å². The number of nitrogens with one attached hydrogen (secondary N) is 1. The molecule has 0 heterocycles. The van der Waals surface area contributed by atoms with Gasteiger partial charge in [-0.3, -0.25) is 13.9 Å². The number of hydrogen-bond donors (Lipinski definition) is 1. The van der Waals surface area contributed by atoms with Gasteiger partial charge >= 0.3 is 0 Å². The molecule has 4 fully saturated rings. The normalized spacial score (nSPS) is 25.5. The third kappa shape index (κ3) is 6.63. The van der Waals surface area contributed by atoms with Crippen molar-refractivity contribution in [2.45, 2.75) is 83.2 Å². The lowest BCUT2D eigenvalue weighted by molar-refractivity contribution is -0.139. The lowest BCUT2D eigenvalue weighted by atomic mass is 9.48. The van der Waals surface area contributed by atoms with E-state index in [2.05, 4.69) is 24.4 Å². The number of nitrogens with zero attached hydrogens (tertiary/aromatic N) is 2. The highest BCUT2D eigenvalue weighted by atomic mass is 32.2. The lowest BCUT2D eigenvalue weighted by Gasteiger charge is -2.57. The maximum Gasteiger partial charge on any atom is 0.244 e. The first-order valence-electron chi connectivity index (χ1n) is 15.3. The van der Waals surface area contributed by atoms with Gasteiger partial charge in [-0.25, -0.2) is 8.42 Å². The Hall–Kier alpha value is -2.87. The molecular weight excluding hydrogens is 534 g/mol. The van der Waals surface area contributed by atoms with Crippen LogP contribution in [0.1, 0.15) is 76.3 Å². The molecule has 2 amide bonds. The number of amides is 2. The van der Waals surface area contributed by atoms with Gasteiger partial charge in [0.25, 0.3) is 0 Å². The van der Waals surface area contributed by atoms with E-state index in [9.17, 15) is 18.0 Å². The highest BCUT2D eigenvalue weighted by Gasteiger charge is 2.51. The molecule has 8 heteroatoms. The smallest absolute Gasteiger partial charge is 0.244 e. The minimum Gasteiger partial charge on any atom is -0.354 e. The van der Waals surface area contributed by atoms with Crippen molar-refractivity contribution in [3.63, 3.8) is 0 Å². The molecule has 4 aliphatic rings. The zero-order valence-corrected chi connectivity index (χ0v) is 25.5. The molecule has 41 heavy (non-hydrogen) atoms. The molecule has 0 saturated heterocycles. The number of unbranched alkanes of at least 4 members (excludes halogenated alkanes) is 1. The number of rotatable bonds is 12. The van der Waals surface area contributed by atoms with E-state index < -0.39 is 22.0 Å². The molecule has 6 rings (SSSR count). The van der Waals surface area contributed by atoms with Crippen molar-refractivity contribution in [2.75, 3.05) is 23.7 Å². The second-order valence-electron chi connectivity index (χ2n) is 12.8. The zero-order valence-electron chi connectivity index (χ0n) is 24.7. The molecule has 4 saturated carbocycles. The Morgan fingerprint density at radius 3 is 2.07 bits per heavy atom. The number of benzene rings is 2. The fraction of sp³-hybridized carbons (Fsp3) is 0.576. The first kappa shape index (κ1) is 29.6. The second-order valence-corrected chi connectivity index (χ2v) is 14.7. The monoisotopic (exact) mass is 579 g/mol. The van der Waals surface area contributed by atoms with E-state index in [1.54, 1.807) is 6.92 Å². The van der Waals surface area contributed by atoms with E-state index >= 15 is 0 Å². The zero-order chi connectivity index (χ0) is 29.2. The van der Waals surface area contributed by atoms with Crippen LogP contribution in [0.15, 0.2) is 54.6 Å². The summed E-state index contributed by atoms with van der Waals surface area (Å²) in [5, 5.41) is 2.92. The summed E-state index contributed by atoms with van der Waals surface area (Å²) >= 11 is 0. The Balaban J connectivity index is 1.36. The molecule has 0 unspecified atom stereocenters. The first-order valence-corrected chi connectivity index (χ1v) is 17.1. The number of carbonyl (C=O) groups excluding carboxylic acids is 2. The van der Waals surface area contributed by atoms with Crippen molar-refractivity contribution < 1.29 is 18.0 Å². The molecular formula is C33H45N3O4S. The molecule has 2 aromatic carbocycles. The summed E-state index contributed by atoms with van der Waals surface area (Å²) in [6.45, 7) is 4.14. The highest BCUT2D eigenvalue weighted by molar-refractivity contribution is 7.92. The third-order valence-corrected chi connectivity index (χ3v) is 10.8. The van der Waals surface area contributed by atoms with Gasteiger partial charge in [0.2, 0.25) is 21.8 Å². The molecule has 1 N–H and O–H groups in total. The van der Waals surface area contributed by atoms with Crippen molar-refractivity contribution in [3.05, 3.63) is 65.7 Å². The van der Waals surface area contributed by atoms with E-state index in [1.807, 2.05) is 42.5 Å². The Morgan fingerprint density at radius 1 is 0.951 bits per heavy atom. The van der Waals surface area contributed by atoms with Gasteiger partial charge in [0.15, 0.2) is 0 Å². The summed E-state index contributed by atoms with van der Waals surface area (Å²) in [6.07, 6.45) is 10.8. The van der Waals surface area contributed by atoms with Crippen LogP contribution in [0.25, 0.3) is 0 Å². The molecule has 4 bridgehead atoms. The summed E-state index contributed by atoms with van der Waals surface area (Å²) in [6, 6.07) is 16.6. The predicted molar refractivity (Wildman–Crippen MR) is 163 cm³/mol. The molecule has 7 nitrogen and oxygen atoms in total. The number of anilines is 1. The van der Waals surface area contributed by atoms with Crippen molar-refractivity contribution in [2.24, 2.45) is 17.8 Å². The number of sulfonamides is 1. The maximum absolute atomic E-state index is 13.8. The van der Waals surface area contributed by atoms with Crippen LogP contribution in [0, 0.1) is 17.8 Å². The summed E-state index contributed by atoms with van der Waals surface area (Å²) in [5.41, 5.74) is 2.88. The maximum atomic E-state index is 13.8. The Bertz CT molecular complexity index is 1290. The summed E-state index contributed by atoms with van der Waals surface area (Å²) in [4.78, 5) is 28.2. The van der Waals surface area contributed by atoms with Crippen molar-refractivity contribution in [1.29, 1.82) is 0 Å². The van der Waals surface area contributed by atoms with Gasteiger partial charge in [0.1, 0.15) is 12.6 Å². The fourth-order valence-electron chi connectivity index (χ4n) is 7.96. The van der Waals surface area contributed by atoms with E-state index in [0.717, 1.165) is 42.4 Å². The van der Waals surface area contributed by atoms with Gasteiger partial charge < -0.3 is 10.2 Å². The Labute approximate surface area is 245 Å². The SMILES string of the molecule is CCCCNC(=O)[C@@H](C)N(Cc1ccccc1)C(=O)CN(c1ccc(C23CC4CC(CC(C4)C2)C3)cc1)S(C)(=O)=O. The predicted octanol–water partition coefficient (Wildman–Crippen LogP) is 5.25. The van der Waals surface area contributed by atoms with E-state index in [0.29, 0.717) is 12.2 Å². The van der Waals surface area contributed by atoms with Crippen molar-refractivity contribution in [1.82, 2.24) is 10.2 Å². The molecule has 0 aliphatic heterocycles. The Kier molecular flexibility index (Phi) is 8.78. The van der Waals surface area contributed by atoms with Crippen LogP contribution in [0.2, 0.25) is 0 Å². The van der Waals surface area contributed by atoms with Gasteiger partial charge in [-0.2, -0.15) is 0 Å². The van der Waals surface area contributed by atoms with Gasteiger partial charge in [0, 0.05) is 13.1 Å². The summed E-state index contributed by atoms with van der Waals surface area (Å²) in [7, 11) is -3.76. The second kappa shape index (κ2) is 12.2. The number of hydrogen-bond acceptors (Lipinski definition) is 4. The minimum absolute atomic E-state index is 0.213. The van der Waals surface area contributed by atoms with Crippen LogP contribution in [-0.4, -0.2) is 50.5 Å². The molecule has 222 valence electrons. The first-order chi connectivity index (χ1) is 19.6. The van der Waals surface area contributed by atoms with Crippen molar-refractivity contribution >= 4 is 27.5 Å². The summed E-state index contributed by atoms with van der Waals surface area (Å²) < 4.78 is 27.2. The number of carbonyl (C=O) groups is 2. The van der Waals surface area contributed by atoms with Gasteiger partial charge in [0.05, 0.1) is 11.9 Å². The topological polar surface area (TPSA) is 86.8 Å². The van der Waals surface area contributed by atoms with Gasteiger partial charge in [-0.15, -0.1) is 0 Å². The minimum atomic E-state index is -3.76. The average Bonchev–Trinajstić information content (AvgIpc) is 2.93. The van der Waals surface area contributed by atoms with Gasteiger partial charge in [-0.1, -0.05) is 55.8 Å². The summed E-state index contributed by atoms with van der Waals surface area (Å²) in [5.74, 6) is 1.81.